The fourth-order valence-electron chi connectivity index (χ4n) is 3.94. The van der Waals surface area contributed by atoms with Crippen LogP contribution >= 0.6 is 0 Å². The Bertz CT molecular complexity index is 1000. The van der Waals surface area contributed by atoms with Crippen LogP contribution in [0.1, 0.15) is 41.3 Å². The van der Waals surface area contributed by atoms with E-state index in [1.54, 1.807) is 6.07 Å². The minimum atomic E-state index is -4.82. The fraction of sp³-hybridized carbons (Fsp3) is 0.333. The lowest BCUT2D eigenvalue weighted by Crippen LogP contribution is -2.44. The summed E-state index contributed by atoms with van der Waals surface area (Å²) >= 11 is 0. The van der Waals surface area contributed by atoms with Gasteiger partial charge in [0.2, 0.25) is 5.95 Å². The van der Waals surface area contributed by atoms with E-state index in [0.717, 1.165) is 12.1 Å². The molecule has 2 aliphatic rings. The predicted molar refractivity (Wildman–Crippen MR) is 88.5 cm³/mol. The average Bonchev–Trinajstić information content (AvgIpc) is 2.97. The van der Waals surface area contributed by atoms with Gasteiger partial charge in [-0.3, -0.25) is 5.32 Å². The summed E-state index contributed by atoms with van der Waals surface area (Å²) in [4.78, 5) is 21.3. The molecular formula is C18H13F4N5O. The van der Waals surface area contributed by atoms with Crippen molar-refractivity contribution in [3.8, 4) is 6.07 Å². The highest BCUT2D eigenvalue weighted by Crippen LogP contribution is 2.44. The van der Waals surface area contributed by atoms with E-state index in [4.69, 9.17) is 5.26 Å². The number of nitriles is 1. The smallest absolute Gasteiger partial charge is 0.314 e. The van der Waals surface area contributed by atoms with Crippen molar-refractivity contribution >= 4 is 11.8 Å². The number of carbonyl (C=O) groups excluding carboxylic acids is 1. The van der Waals surface area contributed by atoms with Crippen LogP contribution in [0.5, 0.6) is 0 Å². The number of aromatic nitrogens is 2. The third-order valence-corrected chi connectivity index (χ3v) is 5.09. The van der Waals surface area contributed by atoms with Gasteiger partial charge in [-0.2, -0.15) is 22.8 Å². The van der Waals surface area contributed by atoms with Gasteiger partial charge in [-0.1, -0.05) is 0 Å². The average molecular weight is 391 g/mol. The molecule has 1 fully saturated rings. The molecule has 1 saturated heterocycles. The van der Waals surface area contributed by atoms with Crippen LogP contribution in [0.2, 0.25) is 0 Å². The van der Waals surface area contributed by atoms with Gasteiger partial charge >= 0.3 is 12.2 Å². The van der Waals surface area contributed by atoms with Crippen molar-refractivity contribution in [3.63, 3.8) is 0 Å². The first-order chi connectivity index (χ1) is 13.3. The van der Waals surface area contributed by atoms with Crippen LogP contribution in [0, 0.1) is 17.3 Å². The largest absolute Gasteiger partial charge is 0.434 e. The lowest BCUT2D eigenvalue weighted by atomic mass is 9.95. The Morgan fingerprint density at radius 1 is 1.29 bits per heavy atom. The summed E-state index contributed by atoms with van der Waals surface area (Å²) in [6.45, 7) is 0. The lowest BCUT2D eigenvalue weighted by Gasteiger charge is -2.36. The molecule has 28 heavy (non-hydrogen) atoms. The number of urea groups is 1. The Kier molecular flexibility index (Phi) is 4.18. The van der Waals surface area contributed by atoms with Crippen LogP contribution < -0.4 is 5.32 Å². The fourth-order valence-corrected chi connectivity index (χ4v) is 3.94. The van der Waals surface area contributed by atoms with E-state index in [1.165, 1.54) is 17.2 Å². The molecule has 2 bridgehead atoms. The van der Waals surface area contributed by atoms with Crippen molar-refractivity contribution in [1.29, 1.82) is 5.26 Å². The first-order valence-corrected chi connectivity index (χ1v) is 8.50. The van der Waals surface area contributed by atoms with Gasteiger partial charge in [-0.15, -0.1) is 0 Å². The van der Waals surface area contributed by atoms with Crippen molar-refractivity contribution in [1.82, 2.24) is 14.9 Å². The van der Waals surface area contributed by atoms with Gasteiger partial charge in [0.15, 0.2) is 5.69 Å². The molecule has 6 nitrogen and oxygen atoms in total. The highest BCUT2D eigenvalue weighted by Gasteiger charge is 2.44. The third-order valence-electron chi connectivity index (χ3n) is 5.09. The zero-order valence-corrected chi connectivity index (χ0v) is 14.3. The third kappa shape index (κ3) is 2.93. The molecule has 2 aliphatic heterocycles. The molecular weight excluding hydrogens is 378 g/mol. The maximum atomic E-state index is 14.0. The highest BCUT2D eigenvalue weighted by atomic mass is 19.4. The minimum Gasteiger partial charge on any atom is -0.314 e. The minimum absolute atomic E-state index is 0.267. The summed E-state index contributed by atoms with van der Waals surface area (Å²) in [6.07, 6.45) is -1.91. The van der Waals surface area contributed by atoms with E-state index in [0.29, 0.717) is 30.4 Å². The SMILES string of the molecule is N#Cc1ccc(NC(=O)N2[C@H]3CC[C@@H]2c2ccnc(F)c2C3)nc1C(F)(F)F. The van der Waals surface area contributed by atoms with Crippen LogP contribution in [0.3, 0.4) is 0 Å². The molecule has 0 radical (unpaired) electrons. The zero-order chi connectivity index (χ0) is 20.1. The Hall–Kier alpha value is -3.22. The van der Waals surface area contributed by atoms with Gasteiger partial charge in [-0.05, 0) is 43.0 Å². The van der Waals surface area contributed by atoms with E-state index < -0.39 is 29.4 Å². The number of halogens is 4. The number of hydrogen-bond acceptors (Lipinski definition) is 4. The van der Waals surface area contributed by atoms with Crippen molar-refractivity contribution in [3.05, 3.63) is 52.7 Å². The number of pyridine rings is 2. The van der Waals surface area contributed by atoms with Gasteiger partial charge in [0.05, 0.1) is 11.6 Å². The standard InChI is InChI=1S/C18H13F4N5O/c19-16-12-7-10-2-3-13(11(12)5-6-24-16)27(10)17(28)26-14-4-1-9(8-23)15(25-14)18(20,21)22/h1,4-6,10,13H,2-3,7H2,(H,25,26,28)/t10-,13+/m0/s1. The summed E-state index contributed by atoms with van der Waals surface area (Å²) in [6, 6.07) is 3.97. The molecule has 144 valence electrons. The van der Waals surface area contributed by atoms with Gasteiger partial charge in [0.1, 0.15) is 11.9 Å². The van der Waals surface area contributed by atoms with E-state index in [-0.39, 0.29) is 17.9 Å². The maximum Gasteiger partial charge on any atom is 0.434 e. The van der Waals surface area contributed by atoms with Crippen LogP contribution in [-0.2, 0) is 12.6 Å². The molecule has 0 saturated carbocycles. The van der Waals surface area contributed by atoms with Crippen LogP contribution in [0.4, 0.5) is 28.2 Å². The monoisotopic (exact) mass is 391 g/mol. The quantitative estimate of drug-likeness (QED) is 0.592. The van der Waals surface area contributed by atoms with E-state index in [1.807, 2.05) is 0 Å². The number of nitrogens with zero attached hydrogens (tertiary/aromatic N) is 4. The first-order valence-electron chi connectivity index (χ1n) is 8.50. The number of alkyl halides is 3. The topological polar surface area (TPSA) is 81.9 Å². The highest BCUT2D eigenvalue weighted by molar-refractivity contribution is 5.89. The molecule has 2 atom stereocenters. The summed E-state index contributed by atoms with van der Waals surface area (Å²) < 4.78 is 53.2. The Balaban J connectivity index is 1.61. The molecule has 4 heterocycles. The predicted octanol–water partition coefficient (Wildman–Crippen LogP) is 3.80. The second-order valence-corrected chi connectivity index (χ2v) is 6.66. The summed E-state index contributed by atoms with van der Waals surface area (Å²) in [5, 5.41) is 11.2. The van der Waals surface area contributed by atoms with Gasteiger partial charge in [-0.25, -0.2) is 14.8 Å². The molecule has 0 aromatic carbocycles. The van der Waals surface area contributed by atoms with Crippen molar-refractivity contribution in [2.45, 2.75) is 37.5 Å². The van der Waals surface area contributed by atoms with Crippen LogP contribution in [0.15, 0.2) is 24.4 Å². The van der Waals surface area contributed by atoms with Gasteiger partial charge in [0, 0.05) is 17.8 Å². The molecule has 0 unspecified atom stereocenters. The van der Waals surface area contributed by atoms with Crippen molar-refractivity contribution in [2.75, 3.05) is 5.32 Å². The van der Waals surface area contributed by atoms with Crippen molar-refractivity contribution < 1.29 is 22.4 Å². The van der Waals surface area contributed by atoms with Crippen LogP contribution in [0.25, 0.3) is 0 Å². The van der Waals surface area contributed by atoms with Gasteiger partial charge < -0.3 is 4.90 Å². The van der Waals surface area contributed by atoms with E-state index in [2.05, 4.69) is 15.3 Å². The Morgan fingerprint density at radius 3 is 2.79 bits per heavy atom. The molecule has 2 aromatic rings. The molecule has 0 aliphatic carbocycles. The summed E-state index contributed by atoms with van der Waals surface area (Å²) in [5.74, 6) is -0.861. The normalized spacial score (nSPS) is 20.5. The Labute approximate surface area is 156 Å². The number of nitrogens with one attached hydrogen (secondary N) is 1. The van der Waals surface area contributed by atoms with E-state index in [9.17, 15) is 22.4 Å². The zero-order valence-electron chi connectivity index (χ0n) is 14.3. The summed E-state index contributed by atoms with van der Waals surface area (Å²) in [7, 11) is 0. The van der Waals surface area contributed by atoms with Crippen molar-refractivity contribution in [2.24, 2.45) is 0 Å². The second kappa shape index (κ2) is 6.44. The molecule has 2 aromatic heterocycles. The molecule has 1 N–H and O–H groups in total. The molecule has 2 amide bonds. The van der Waals surface area contributed by atoms with E-state index >= 15 is 0 Å². The maximum absolute atomic E-state index is 14.0. The summed E-state index contributed by atoms with van der Waals surface area (Å²) in [5.41, 5.74) is -0.830. The Morgan fingerprint density at radius 2 is 2.07 bits per heavy atom. The number of carbonyl (C=O) groups is 1. The number of rotatable bonds is 1. The number of anilines is 1. The number of fused-ring (bicyclic) bond motifs is 4. The molecule has 4 rings (SSSR count). The van der Waals surface area contributed by atoms with Crippen LogP contribution in [-0.4, -0.2) is 26.9 Å². The first kappa shape index (κ1) is 18.2. The second-order valence-electron chi connectivity index (χ2n) is 6.66. The number of hydrogen-bond donors (Lipinski definition) is 1. The molecule has 0 spiro atoms. The lowest BCUT2D eigenvalue weighted by molar-refractivity contribution is -0.141. The molecule has 10 heteroatoms. The van der Waals surface area contributed by atoms with Gasteiger partial charge in [0.25, 0.3) is 0 Å². The number of amides is 2.